The first-order valence-electron chi connectivity index (χ1n) is 7.00. The van der Waals surface area contributed by atoms with E-state index < -0.39 is 0 Å². The zero-order chi connectivity index (χ0) is 14.3. The molecule has 0 spiro atoms. The quantitative estimate of drug-likeness (QED) is 0.889. The highest BCUT2D eigenvalue weighted by Gasteiger charge is 2.41. The summed E-state index contributed by atoms with van der Waals surface area (Å²) in [6.45, 7) is 10.6. The Morgan fingerprint density at radius 3 is 2.21 bits per heavy atom. The molecule has 3 heteroatoms. The van der Waals surface area contributed by atoms with E-state index in [1.807, 2.05) is 6.07 Å². The molecule has 0 aliphatic carbocycles. The molecule has 0 saturated carbocycles. The number of rotatable bonds is 2. The van der Waals surface area contributed by atoms with E-state index in [0.29, 0.717) is 11.8 Å². The molecule has 1 aliphatic heterocycles. The SMILES string of the molecule is Cc1cc(Cl)c(C(N)C2C(C)OC(C)C2C)cc1C. The van der Waals surface area contributed by atoms with Gasteiger partial charge in [-0.15, -0.1) is 0 Å². The Hall–Kier alpha value is -0.570. The third kappa shape index (κ3) is 2.67. The van der Waals surface area contributed by atoms with Gasteiger partial charge in [-0.25, -0.2) is 0 Å². The van der Waals surface area contributed by atoms with E-state index in [9.17, 15) is 0 Å². The van der Waals surface area contributed by atoms with Gasteiger partial charge >= 0.3 is 0 Å². The van der Waals surface area contributed by atoms with Gasteiger partial charge in [-0.05, 0) is 56.4 Å². The molecular weight excluding hydrogens is 258 g/mol. The smallest absolute Gasteiger partial charge is 0.0600 e. The van der Waals surface area contributed by atoms with Crippen molar-refractivity contribution in [2.75, 3.05) is 0 Å². The zero-order valence-electron chi connectivity index (χ0n) is 12.4. The molecule has 19 heavy (non-hydrogen) atoms. The van der Waals surface area contributed by atoms with Gasteiger partial charge in [-0.3, -0.25) is 0 Å². The van der Waals surface area contributed by atoms with Crippen LogP contribution in [0.15, 0.2) is 12.1 Å². The first kappa shape index (κ1) is 14.8. The molecule has 2 N–H and O–H groups in total. The highest BCUT2D eigenvalue weighted by molar-refractivity contribution is 6.31. The largest absolute Gasteiger partial charge is 0.375 e. The average molecular weight is 282 g/mol. The van der Waals surface area contributed by atoms with Crippen LogP contribution in [-0.4, -0.2) is 12.2 Å². The summed E-state index contributed by atoms with van der Waals surface area (Å²) in [5.74, 6) is 0.761. The maximum absolute atomic E-state index is 6.50. The van der Waals surface area contributed by atoms with E-state index in [1.54, 1.807) is 0 Å². The van der Waals surface area contributed by atoms with E-state index in [1.165, 1.54) is 11.1 Å². The van der Waals surface area contributed by atoms with E-state index in [2.05, 4.69) is 40.7 Å². The third-order valence-electron chi connectivity index (χ3n) is 4.71. The van der Waals surface area contributed by atoms with Crippen molar-refractivity contribution >= 4 is 11.6 Å². The van der Waals surface area contributed by atoms with Crippen LogP contribution in [0.3, 0.4) is 0 Å². The van der Waals surface area contributed by atoms with Crippen LogP contribution in [0.25, 0.3) is 0 Å². The van der Waals surface area contributed by atoms with Crippen molar-refractivity contribution in [1.29, 1.82) is 0 Å². The molecule has 5 unspecified atom stereocenters. The van der Waals surface area contributed by atoms with Gasteiger partial charge in [-0.1, -0.05) is 24.6 Å². The molecule has 106 valence electrons. The molecule has 1 saturated heterocycles. The van der Waals surface area contributed by atoms with Crippen molar-refractivity contribution in [1.82, 2.24) is 0 Å². The fourth-order valence-corrected chi connectivity index (χ4v) is 3.52. The number of benzene rings is 1. The Kier molecular flexibility index (Phi) is 4.24. The Balaban J connectivity index is 2.34. The summed E-state index contributed by atoms with van der Waals surface area (Å²) in [4.78, 5) is 0. The fraction of sp³-hybridized carbons (Fsp3) is 0.625. The minimum Gasteiger partial charge on any atom is -0.375 e. The summed E-state index contributed by atoms with van der Waals surface area (Å²) < 4.78 is 5.90. The van der Waals surface area contributed by atoms with E-state index in [0.717, 1.165) is 10.6 Å². The molecule has 5 atom stereocenters. The molecule has 1 aromatic carbocycles. The van der Waals surface area contributed by atoms with Gasteiger partial charge in [0.15, 0.2) is 0 Å². The highest BCUT2D eigenvalue weighted by Crippen LogP contribution is 2.41. The number of hydrogen-bond donors (Lipinski definition) is 1. The van der Waals surface area contributed by atoms with Crippen LogP contribution in [0.4, 0.5) is 0 Å². The Morgan fingerprint density at radius 1 is 1.11 bits per heavy atom. The van der Waals surface area contributed by atoms with Crippen molar-refractivity contribution in [2.24, 2.45) is 17.6 Å². The Labute approximate surface area is 121 Å². The highest BCUT2D eigenvalue weighted by atomic mass is 35.5. The molecule has 1 heterocycles. The summed E-state index contributed by atoms with van der Waals surface area (Å²) in [5, 5.41) is 0.773. The van der Waals surface area contributed by atoms with Crippen LogP contribution in [0.1, 0.15) is 43.5 Å². The fourth-order valence-electron chi connectivity index (χ4n) is 3.18. The molecule has 1 aliphatic rings. The normalized spacial score (nSPS) is 32.6. The maximum atomic E-state index is 6.50. The number of nitrogens with two attached hydrogens (primary N) is 1. The molecule has 0 aromatic heterocycles. The van der Waals surface area contributed by atoms with Gasteiger partial charge in [0.2, 0.25) is 0 Å². The van der Waals surface area contributed by atoms with E-state index in [-0.39, 0.29) is 18.2 Å². The summed E-state index contributed by atoms with van der Waals surface area (Å²) in [7, 11) is 0. The number of aryl methyl sites for hydroxylation is 2. The molecular formula is C16H24ClNO. The molecule has 2 nitrogen and oxygen atoms in total. The predicted octanol–water partition coefficient (Wildman–Crippen LogP) is 4.02. The third-order valence-corrected chi connectivity index (χ3v) is 5.03. The van der Waals surface area contributed by atoms with E-state index >= 15 is 0 Å². The lowest BCUT2D eigenvalue weighted by molar-refractivity contribution is 0.0489. The summed E-state index contributed by atoms with van der Waals surface area (Å²) in [6.07, 6.45) is 0.439. The second kappa shape index (κ2) is 5.43. The standard InChI is InChI=1S/C16H24ClNO/c1-8-6-13(14(17)7-9(8)2)16(18)15-10(3)11(4)19-12(15)5/h6-7,10-12,15-16H,18H2,1-5H3. The maximum Gasteiger partial charge on any atom is 0.0600 e. The van der Waals surface area contributed by atoms with Crippen LogP contribution in [0.5, 0.6) is 0 Å². The van der Waals surface area contributed by atoms with E-state index in [4.69, 9.17) is 22.1 Å². The summed E-state index contributed by atoms with van der Waals surface area (Å²) in [5.41, 5.74) is 9.99. The minimum absolute atomic E-state index is 0.0678. The van der Waals surface area contributed by atoms with Gasteiger partial charge in [0.25, 0.3) is 0 Å². The van der Waals surface area contributed by atoms with Crippen LogP contribution >= 0.6 is 11.6 Å². The van der Waals surface area contributed by atoms with Crippen LogP contribution in [-0.2, 0) is 4.74 Å². The molecule has 2 rings (SSSR count). The summed E-state index contributed by atoms with van der Waals surface area (Å²) in [6, 6.07) is 4.08. The second-order valence-corrected chi connectivity index (χ2v) is 6.37. The number of hydrogen-bond acceptors (Lipinski definition) is 2. The average Bonchev–Trinajstić information content (AvgIpc) is 2.57. The van der Waals surface area contributed by atoms with Gasteiger partial charge in [0.05, 0.1) is 12.2 Å². The van der Waals surface area contributed by atoms with Crippen LogP contribution < -0.4 is 5.73 Å². The second-order valence-electron chi connectivity index (χ2n) is 5.97. The first-order valence-corrected chi connectivity index (χ1v) is 7.38. The van der Waals surface area contributed by atoms with Gasteiger partial charge in [0.1, 0.15) is 0 Å². The predicted molar refractivity (Wildman–Crippen MR) is 80.5 cm³/mol. The van der Waals surface area contributed by atoms with Gasteiger partial charge in [-0.2, -0.15) is 0 Å². The van der Waals surface area contributed by atoms with Gasteiger partial charge in [0, 0.05) is 17.0 Å². The van der Waals surface area contributed by atoms with Gasteiger partial charge < -0.3 is 10.5 Å². The molecule has 1 fully saturated rings. The molecule has 0 bridgehead atoms. The minimum atomic E-state index is -0.0678. The zero-order valence-corrected chi connectivity index (χ0v) is 13.2. The van der Waals surface area contributed by atoms with Crippen molar-refractivity contribution in [3.05, 3.63) is 33.8 Å². The molecule has 0 radical (unpaired) electrons. The molecule has 1 aromatic rings. The number of halogens is 1. The first-order chi connectivity index (χ1) is 8.82. The molecule has 0 amide bonds. The van der Waals surface area contributed by atoms with Crippen molar-refractivity contribution in [2.45, 2.75) is 52.9 Å². The van der Waals surface area contributed by atoms with Crippen molar-refractivity contribution in [3.63, 3.8) is 0 Å². The number of ether oxygens (including phenoxy) is 1. The monoisotopic (exact) mass is 281 g/mol. The lowest BCUT2D eigenvalue weighted by Gasteiger charge is -2.27. The van der Waals surface area contributed by atoms with Crippen molar-refractivity contribution in [3.8, 4) is 0 Å². The van der Waals surface area contributed by atoms with Crippen LogP contribution in [0, 0.1) is 25.7 Å². The summed E-state index contributed by atoms with van der Waals surface area (Å²) >= 11 is 6.39. The lowest BCUT2D eigenvalue weighted by atomic mass is 9.80. The van der Waals surface area contributed by atoms with Crippen LogP contribution in [0.2, 0.25) is 5.02 Å². The lowest BCUT2D eigenvalue weighted by Crippen LogP contribution is -2.31. The Morgan fingerprint density at radius 2 is 1.68 bits per heavy atom. The van der Waals surface area contributed by atoms with Crippen molar-refractivity contribution < 1.29 is 4.74 Å². The Bertz CT molecular complexity index is 474. The topological polar surface area (TPSA) is 35.2 Å².